The van der Waals surface area contributed by atoms with Crippen molar-refractivity contribution in [3.63, 3.8) is 0 Å². The quantitative estimate of drug-likeness (QED) is 0.597. The highest BCUT2D eigenvalue weighted by Crippen LogP contribution is 2.21. The number of rotatable bonds is 1. The highest BCUT2D eigenvalue weighted by molar-refractivity contribution is 5.11. The second kappa shape index (κ2) is 4.06. The lowest BCUT2D eigenvalue weighted by Crippen LogP contribution is -2.32. The molecule has 0 spiro atoms. The molecule has 0 bridgehead atoms. The van der Waals surface area contributed by atoms with Crippen molar-refractivity contribution in [2.75, 3.05) is 20.1 Å². The predicted molar refractivity (Wildman–Crippen MR) is 51.0 cm³/mol. The van der Waals surface area contributed by atoms with Crippen LogP contribution in [0.5, 0.6) is 0 Å². The van der Waals surface area contributed by atoms with E-state index in [1.165, 1.54) is 5.57 Å². The number of hydrogen-bond donors (Lipinski definition) is 1. The molecule has 1 aliphatic rings. The van der Waals surface area contributed by atoms with Crippen LogP contribution in [0, 0.1) is 5.92 Å². The van der Waals surface area contributed by atoms with Gasteiger partial charge in [0.2, 0.25) is 0 Å². The molecule has 0 aromatic rings. The second-order valence-corrected chi connectivity index (χ2v) is 3.90. The van der Waals surface area contributed by atoms with Crippen molar-refractivity contribution in [1.82, 2.24) is 4.90 Å². The number of piperidine rings is 1. The summed E-state index contributed by atoms with van der Waals surface area (Å²) in [5.41, 5.74) is 1.42. The van der Waals surface area contributed by atoms with Gasteiger partial charge in [-0.05, 0) is 26.3 Å². The van der Waals surface area contributed by atoms with E-state index < -0.39 is 0 Å². The minimum absolute atomic E-state index is 0.286. The summed E-state index contributed by atoms with van der Waals surface area (Å²) >= 11 is 0. The first kappa shape index (κ1) is 9.75. The van der Waals surface area contributed by atoms with Gasteiger partial charge in [0.1, 0.15) is 0 Å². The van der Waals surface area contributed by atoms with E-state index in [1.807, 2.05) is 13.0 Å². The molecule has 0 amide bonds. The van der Waals surface area contributed by atoms with Crippen molar-refractivity contribution in [2.24, 2.45) is 5.92 Å². The second-order valence-electron chi connectivity index (χ2n) is 3.90. The van der Waals surface area contributed by atoms with Crippen molar-refractivity contribution in [3.8, 4) is 0 Å². The summed E-state index contributed by atoms with van der Waals surface area (Å²) in [4.78, 5) is 2.34. The van der Waals surface area contributed by atoms with E-state index in [2.05, 4.69) is 18.9 Å². The standard InChI is InChI=1S/C10H19NO/c1-8-7-11(3)5-4-10(8)6-9(2)12/h6,8-9,12H,4-5,7H2,1-3H3/b10-6-. The number of likely N-dealkylation sites (tertiary alicyclic amines) is 1. The van der Waals surface area contributed by atoms with Gasteiger partial charge in [-0.25, -0.2) is 0 Å². The summed E-state index contributed by atoms with van der Waals surface area (Å²) in [6.07, 6.45) is 2.83. The Morgan fingerprint density at radius 3 is 2.83 bits per heavy atom. The minimum atomic E-state index is -0.286. The van der Waals surface area contributed by atoms with Crippen molar-refractivity contribution >= 4 is 0 Å². The Balaban J connectivity index is 2.56. The summed E-state index contributed by atoms with van der Waals surface area (Å²) in [7, 11) is 2.15. The maximum atomic E-state index is 9.20. The molecule has 70 valence electrons. The van der Waals surface area contributed by atoms with E-state index in [0.29, 0.717) is 5.92 Å². The van der Waals surface area contributed by atoms with Crippen LogP contribution in [-0.4, -0.2) is 36.2 Å². The van der Waals surface area contributed by atoms with Crippen LogP contribution in [0.3, 0.4) is 0 Å². The highest BCUT2D eigenvalue weighted by Gasteiger charge is 2.17. The molecular formula is C10H19NO. The van der Waals surface area contributed by atoms with Crippen LogP contribution in [0.1, 0.15) is 20.3 Å². The summed E-state index contributed by atoms with van der Waals surface area (Å²) in [5, 5.41) is 9.20. The van der Waals surface area contributed by atoms with Crippen LogP contribution in [-0.2, 0) is 0 Å². The maximum Gasteiger partial charge on any atom is 0.0695 e. The first-order valence-electron chi connectivity index (χ1n) is 4.67. The molecular weight excluding hydrogens is 150 g/mol. The van der Waals surface area contributed by atoms with E-state index in [-0.39, 0.29) is 6.10 Å². The van der Waals surface area contributed by atoms with E-state index in [1.54, 1.807) is 0 Å². The minimum Gasteiger partial charge on any atom is -0.389 e. The first-order chi connectivity index (χ1) is 5.59. The zero-order valence-electron chi connectivity index (χ0n) is 8.25. The Morgan fingerprint density at radius 2 is 2.33 bits per heavy atom. The average Bonchev–Trinajstić information content (AvgIpc) is 1.94. The van der Waals surface area contributed by atoms with Gasteiger partial charge in [-0.1, -0.05) is 18.6 Å². The van der Waals surface area contributed by atoms with Crippen molar-refractivity contribution in [3.05, 3.63) is 11.6 Å². The number of nitrogens with zero attached hydrogens (tertiary/aromatic N) is 1. The maximum absolute atomic E-state index is 9.20. The van der Waals surface area contributed by atoms with Gasteiger partial charge in [-0.3, -0.25) is 0 Å². The smallest absolute Gasteiger partial charge is 0.0695 e. The molecule has 2 heteroatoms. The Hall–Kier alpha value is -0.340. The Labute approximate surface area is 74.9 Å². The summed E-state index contributed by atoms with van der Waals surface area (Å²) in [6, 6.07) is 0. The van der Waals surface area contributed by atoms with Gasteiger partial charge in [0, 0.05) is 13.1 Å². The molecule has 0 radical (unpaired) electrons. The van der Waals surface area contributed by atoms with Gasteiger partial charge in [0.15, 0.2) is 0 Å². The number of aliphatic hydroxyl groups is 1. The molecule has 1 rings (SSSR count). The molecule has 2 nitrogen and oxygen atoms in total. The monoisotopic (exact) mass is 169 g/mol. The lowest BCUT2D eigenvalue weighted by molar-refractivity contribution is 0.232. The van der Waals surface area contributed by atoms with E-state index in [9.17, 15) is 5.11 Å². The van der Waals surface area contributed by atoms with E-state index in [4.69, 9.17) is 0 Å². The van der Waals surface area contributed by atoms with Crippen LogP contribution in [0.2, 0.25) is 0 Å². The molecule has 12 heavy (non-hydrogen) atoms. The molecule has 2 atom stereocenters. The SMILES string of the molecule is CC(O)/C=C1/CCN(C)CC1C. The number of aliphatic hydroxyl groups excluding tert-OH is 1. The average molecular weight is 169 g/mol. The third-order valence-corrected chi connectivity index (χ3v) is 2.46. The molecule has 1 N–H and O–H groups in total. The molecule has 1 fully saturated rings. The first-order valence-corrected chi connectivity index (χ1v) is 4.67. The molecule has 0 saturated carbocycles. The van der Waals surface area contributed by atoms with Crippen LogP contribution in [0.4, 0.5) is 0 Å². The largest absolute Gasteiger partial charge is 0.389 e. The topological polar surface area (TPSA) is 23.5 Å². The molecule has 2 unspecified atom stereocenters. The predicted octanol–water partition coefficient (Wildman–Crippen LogP) is 1.27. The van der Waals surface area contributed by atoms with Crippen LogP contribution in [0.25, 0.3) is 0 Å². The summed E-state index contributed by atoms with van der Waals surface area (Å²) in [5.74, 6) is 0.610. The molecule has 1 saturated heterocycles. The van der Waals surface area contributed by atoms with Gasteiger partial charge >= 0.3 is 0 Å². The van der Waals surface area contributed by atoms with Gasteiger partial charge in [0.05, 0.1) is 6.10 Å². The highest BCUT2D eigenvalue weighted by atomic mass is 16.3. The van der Waals surface area contributed by atoms with Gasteiger partial charge in [-0.2, -0.15) is 0 Å². The lowest BCUT2D eigenvalue weighted by atomic mass is 9.92. The van der Waals surface area contributed by atoms with Gasteiger partial charge in [0.25, 0.3) is 0 Å². The fourth-order valence-electron chi connectivity index (χ4n) is 1.80. The Morgan fingerprint density at radius 1 is 1.67 bits per heavy atom. The normalized spacial score (nSPS) is 32.3. The third kappa shape index (κ3) is 2.61. The summed E-state index contributed by atoms with van der Waals surface area (Å²) < 4.78 is 0. The van der Waals surface area contributed by atoms with Crippen molar-refractivity contribution < 1.29 is 5.11 Å². The van der Waals surface area contributed by atoms with Crippen LogP contribution in [0.15, 0.2) is 11.6 Å². The van der Waals surface area contributed by atoms with Gasteiger partial charge in [-0.15, -0.1) is 0 Å². The van der Waals surface area contributed by atoms with Crippen molar-refractivity contribution in [2.45, 2.75) is 26.4 Å². The third-order valence-electron chi connectivity index (χ3n) is 2.46. The van der Waals surface area contributed by atoms with Gasteiger partial charge < -0.3 is 10.0 Å². The van der Waals surface area contributed by atoms with Crippen LogP contribution < -0.4 is 0 Å². The molecule has 1 aliphatic heterocycles. The molecule has 0 aromatic carbocycles. The Kier molecular flexibility index (Phi) is 3.29. The summed E-state index contributed by atoms with van der Waals surface area (Å²) in [6.45, 7) is 6.30. The van der Waals surface area contributed by atoms with E-state index >= 15 is 0 Å². The molecule has 0 aromatic heterocycles. The van der Waals surface area contributed by atoms with Crippen LogP contribution >= 0.6 is 0 Å². The van der Waals surface area contributed by atoms with E-state index in [0.717, 1.165) is 19.5 Å². The zero-order chi connectivity index (χ0) is 9.14. The number of hydrogen-bond acceptors (Lipinski definition) is 2. The zero-order valence-corrected chi connectivity index (χ0v) is 8.25. The molecule has 0 aliphatic carbocycles. The fraction of sp³-hybridized carbons (Fsp3) is 0.800. The molecule has 1 heterocycles. The lowest BCUT2D eigenvalue weighted by Gasteiger charge is -2.30. The Bertz CT molecular complexity index is 175. The van der Waals surface area contributed by atoms with Crippen molar-refractivity contribution in [1.29, 1.82) is 0 Å². The fourth-order valence-corrected chi connectivity index (χ4v) is 1.80.